The van der Waals surface area contributed by atoms with Crippen LogP contribution >= 0.6 is 0 Å². The lowest BCUT2D eigenvalue weighted by atomic mass is 10.1. The minimum absolute atomic E-state index is 0.140. The first-order valence-corrected chi connectivity index (χ1v) is 22.0. The number of carbonyl (C=O) groups excluding carboxylic acids is 4. The predicted molar refractivity (Wildman–Crippen MR) is 214 cm³/mol. The molecule has 0 aromatic rings. The molecule has 8 heteroatoms. The smallest absolute Gasteiger partial charge is 0.305 e. The summed E-state index contributed by atoms with van der Waals surface area (Å²) in [5.41, 5.74) is 0. The second-order valence-corrected chi connectivity index (χ2v) is 14.4. The van der Waals surface area contributed by atoms with Crippen molar-refractivity contribution in [1.82, 2.24) is 0 Å². The highest BCUT2D eigenvalue weighted by atomic mass is 16.5. The first-order chi connectivity index (χ1) is 25.4. The molecule has 0 saturated heterocycles. The molecule has 0 fully saturated rings. The van der Waals surface area contributed by atoms with Crippen molar-refractivity contribution in [1.29, 1.82) is 0 Å². The average Bonchev–Trinajstić information content (AvgIpc) is 3.14. The van der Waals surface area contributed by atoms with Gasteiger partial charge in [-0.3, -0.25) is 19.2 Å². The molecule has 0 N–H and O–H groups in total. The molecule has 0 unspecified atom stereocenters. The maximum Gasteiger partial charge on any atom is 0.305 e. The third-order valence-electron chi connectivity index (χ3n) is 9.07. The van der Waals surface area contributed by atoms with Crippen molar-refractivity contribution in [2.24, 2.45) is 0 Å². The summed E-state index contributed by atoms with van der Waals surface area (Å²) < 4.78 is 20.9. The fourth-order valence-electron chi connectivity index (χ4n) is 5.64. The zero-order chi connectivity index (χ0) is 38.6. The quantitative estimate of drug-likeness (QED) is 0.0350. The Morgan fingerprint density at radius 2 is 0.423 bits per heavy atom. The minimum Gasteiger partial charge on any atom is -0.466 e. The van der Waals surface area contributed by atoms with Gasteiger partial charge in [-0.05, 0) is 51.4 Å². The third kappa shape index (κ3) is 45.9. The van der Waals surface area contributed by atoms with Gasteiger partial charge in [0.2, 0.25) is 0 Å². The summed E-state index contributed by atoms with van der Waals surface area (Å²) in [6.45, 7) is 11.0. The molecule has 0 aromatic carbocycles. The number of ether oxygens (including phenoxy) is 4. The lowest BCUT2D eigenvalue weighted by Crippen LogP contribution is -2.08. The first kappa shape index (κ1) is 52.0. The number of rotatable bonds is 38. The van der Waals surface area contributed by atoms with Gasteiger partial charge in [0.15, 0.2) is 0 Å². The number of hydrogen-bond acceptors (Lipinski definition) is 8. The second-order valence-electron chi connectivity index (χ2n) is 14.4. The number of esters is 4. The van der Waals surface area contributed by atoms with Crippen LogP contribution in [-0.2, 0) is 38.1 Å². The van der Waals surface area contributed by atoms with Crippen molar-refractivity contribution in [2.75, 3.05) is 26.4 Å². The molecule has 0 aromatic heterocycles. The molecule has 0 heterocycles. The van der Waals surface area contributed by atoms with Crippen molar-refractivity contribution in [3.63, 3.8) is 0 Å². The predicted octanol–water partition coefficient (Wildman–Crippen LogP) is 12.7. The van der Waals surface area contributed by atoms with E-state index >= 15 is 0 Å². The monoisotopic (exact) mass is 741 g/mol. The van der Waals surface area contributed by atoms with Crippen molar-refractivity contribution < 1.29 is 38.1 Å². The summed E-state index contributed by atoms with van der Waals surface area (Å²) in [5.74, 6) is -0.559. The van der Waals surface area contributed by atoms with E-state index in [1.165, 1.54) is 103 Å². The van der Waals surface area contributed by atoms with Gasteiger partial charge in [-0.25, -0.2) is 0 Å². The molecular weight excluding hydrogens is 656 g/mol. The van der Waals surface area contributed by atoms with E-state index in [0.717, 1.165) is 51.4 Å². The van der Waals surface area contributed by atoms with Crippen molar-refractivity contribution in [3.8, 4) is 0 Å². The van der Waals surface area contributed by atoms with E-state index in [1.807, 2.05) is 0 Å². The Labute approximate surface area is 321 Å². The lowest BCUT2D eigenvalue weighted by molar-refractivity contribution is -0.146. The summed E-state index contributed by atoms with van der Waals surface area (Å²) in [5, 5.41) is 0. The van der Waals surface area contributed by atoms with Gasteiger partial charge >= 0.3 is 23.9 Å². The molecule has 308 valence electrons. The summed E-state index contributed by atoms with van der Waals surface area (Å²) in [6.07, 6.45) is 33.0. The van der Waals surface area contributed by atoms with Crippen LogP contribution in [0.5, 0.6) is 0 Å². The van der Waals surface area contributed by atoms with E-state index < -0.39 is 0 Å². The standard InChI is InChI=1S/2C22H42O4/c2*1-3-5-7-9-11-15-19-25-21(23)17-13-14-18-22(24)26-20-16-12-10-8-6-4-2/h2*3-20H2,1-2H3. The maximum atomic E-state index is 11.6. The van der Waals surface area contributed by atoms with E-state index in [0.29, 0.717) is 77.8 Å². The van der Waals surface area contributed by atoms with Crippen molar-refractivity contribution in [2.45, 2.75) is 233 Å². The molecule has 0 atom stereocenters. The number of unbranched alkanes of at least 4 members (excludes halogenated alkanes) is 22. The van der Waals surface area contributed by atoms with E-state index in [1.54, 1.807) is 0 Å². The fraction of sp³-hybridized carbons (Fsp3) is 0.909. The van der Waals surface area contributed by atoms with Gasteiger partial charge in [0.25, 0.3) is 0 Å². The molecular formula is C44H84O8. The van der Waals surface area contributed by atoms with Crippen LogP contribution in [0.15, 0.2) is 0 Å². The van der Waals surface area contributed by atoms with Crippen molar-refractivity contribution >= 4 is 23.9 Å². The number of carbonyl (C=O) groups is 4. The summed E-state index contributed by atoms with van der Waals surface area (Å²) in [4.78, 5) is 46.4. The van der Waals surface area contributed by atoms with E-state index in [-0.39, 0.29) is 23.9 Å². The normalized spacial score (nSPS) is 10.7. The molecule has 0 radical (unpaired) electrons. The Hall–Kier alpha value is -2.12. The molecule has 0 aliphatic heterocycles. The van der Waals surface area contributed by atoms with Crippen LogP contribution in [0.4, 0.5) is 0 Å². The lowest BCUT2D eigenvalue weighted by Gasteiger charge is -2.06. The Bertz CT molecular complexity index is 656. The first-order valence-electron chi connectivity index (χ1n) is 22.0. The number of hydrogen-bond donors (Lipinski definition) is 0. The fourth-order valence-corrected chi connectivity index (χ4v) is 5.64. The zero-order valence-corrected chi connectivity index (χ0v) is 34.7. The summed E-state index contributed by atoms with van der Waals surface area (Å²) in [7, 11) is 0. The Morgan fingerprint density at radius 1 is 0.250 bits per heavy atom. The average molecular weight is 741 g/mol. The van der Waals surface area contributed by atoms with E-state index in [2.05, 4.69) is 27.7 Å². The highest BCUT2D eigenvalue weighted by molar-refractivity contribution is 5.71. The molecule has 8 nitrogen and oxygen atoms in total. The van der Waals surface area contributed by atoms with Gasteiger partial charge in [-0.15, -0.1) is 0 Å². The zero-order valence-electron chi connectivity index (χ0n) is 34.7. The molecule has 0 spiro atoms. The van der Waals surface area contributed by atoms with Crippen LogP contribution in [0.2, 0.25) is 0 Å². The van der Waals surface area contributed by atoms with Gasteiger partial charge in [-0.1, -0.05) is 156 Å². The van der Waals surface area contributed by atoms with Crippen LogP contribution in [0.3, 0.4) is 0 Å². The Morgan fingerprint density at radius 3 is 0.615 bits per heavy atom. The minimum atomic E-state index is -0.140. The SMILES string of the molecule is CCCCCCCCOC(=O)CCCCC(=O)OCCCCCCCC.CCCCCCCCOC(=O)CCCCC(=O)OCCCCCCCC. The van der Waals surface area contributed by atoms with Crippen LogP contribution < -0.4 is 0 Å². The van der Waals surface area contributed by atoms with Gasteiger partial charge in [0.1, 0.15) is 0 Å². The molecule has 0 aliphatic rings. The maximum absolute atomic E-state index is 11.6. The summed E-state index contributed by atoms with van der Waals surface area (Å²) >= 11 is 0. The van der Waals surface area contributed by atoms with Gasteiger partial charge in [-0.2, -0.15) is 0 Å². The largest absolute Gasteiger partial charge is 0.466 e. The van der Waals surface area contributed by atoms with Crippen LogP contribution in [0, 0.1) is 0 Å². The highest BCUT2D eigenvalue weighted by Crippen LogP contribution is 2.10. The second kappa shape index (κ2) is 45.0. The molecule has 52 heavy (non-hydrogen) atoms. The highest BCUT2D eigenvalue weighted by Gasteiger charge is 2.08. The van der Waals surface area contributed by atoms with Crippen LogP contribution in [-0.4, -0.2) is 50.3 Å². The van der Waals surface area contributed by atoms with Crippen LogP contribution in [0.1, 0.15) is 233 Å². The van der Waals surface area contributed by atoms with Gasteiger partial charge in [0, 0.05) is 25.7 Å². The Kier molecular flexibility index (Phi) is 45.0. The van der Waals surface area contributed by atoms with Crippen LogP contribution in [0.25, 0.3) is 0 Å². The van der Waals surface area contributed by atoms with Gasteiger partial charge in [0.05, 0.1) is 26.4 Å². The van der Waals surface area contributed by atoms with E-state index in [9.17, 15) is 19.2 Å². The van der Waals surface area contributed by atoms with E-state index in [4.69, 9.17) is 18.9 Å². The van der Waals surface area contributed by atoms with Crippen molar-refractivity contribution in [3.05, 3.63) is 0 Å². The van der Waals surface area contributed by atoms with Gasteiger partial charge < -0.3 is 18.9 Å². The summed E-state index contributed by atoms with van der Waals surface area (Å²) in [6, 6.07) is 0. The molecule has 0 amide bonds. The molecule has 0 saturated carbocycles. The molecule has 0 rings (SSSR count). The topological polar surface area (TPSA) is 105 Å². The molecule has 0 aliphatic carbocycles. The molecule has 0 bridgehead atoms. The Balaban J connectivity index is 0. The third-order valence-corrected chi connectivity index (χ3v) is 9.07.